The molecule has 8 heteroatoms. The van der Waals surface area contributed by atoms with Crippen molar-refractivity contribution in [3.63, 3.8) is 0 Å². The van der Waals surface area contributed by atoms with Gasteiger partial charge in [-0.3, -0.25) is 14.5 Å². The highest BCUT2D eigenvalue weighted by molar-refractivity contribution is 5.93. The first-order valence-electron chi connectivity index (χ1n) is 10.7. The van der Waals surface area contributed by atoms with Gasteiger partial charge in [-0.05, 0) is 52.1 Å². The quantitative estimate of drug-likeness (QED) is 0.753. The maximum Gasteiger partial charge on any atom is 0.239 e. The van der Waals surface area contributed by atoms with Crippen LogP contribution in [-0.4, -0.2) is 92.8 Å². The Morgan fingerprint density at radius 3 is 2.33 bits per heavy atom. The summed E-state index contributed by atoms with van der Waals surface area (Å²) < 4.78 is 11.1. The van der Waals surface area contributed by atoms with Crippen LogP contribution >= 0.6 is 0 Å². The van der Waals surface area contributed by atoms with Crippen LogP contribution in [0.2, 0.25) is 0 Å². The first-order chi connectivity index (χ1) is 14.3. The lowest BCUT2D eigenvalue weighted by Crippen LogP contribution is -2.54. The van der Waals surface area contributed by atoms with Crippen molar-refractivity contribution in [1.29, 1.82) is 0 Å². The van der Waals surface area contributed by atoms with Crippen molar-refractivity contribution in [3.8, 4) is 0 Å². The molecule has 3 atom stereocenters. The van der Waals surface area contributed by atoms with Crippen molar-refractivity contribution in [2.24, 2.45) is 0 Å². The number of nitrogens with one attached hydrogen (secondary N) is 1. The Morgan fingerprint density at radius 1 is 1.13 bits per heavy atom. The molecule has 0 saturated carbocycles. The van der Waals surface area contributed by atoms with Gasteiger partial charge in [0.2, 0.25) is 11.8 Å². The molecule has 0 radical (unpaired) electrons. The lowest BCUT2D eigenvalue weighted by Gasteiger charge is -2.38. The number of carbonyl (C=O) groups excluding carboxylic acids is 2. The normalized spacial score (nSPS) is 23.4. The molecule has 2 fully saturated rings. The van der Waals surface area contributed by atoms with E-state index in [-0.39, 0.29) is 36.6 Å². The van der Waals surface area contributed by atoms with E-state index in [2.05, 4.69) is 10.2 Å². The summed E-state index contributed by atoms with van der Waals surface area (Å²) in [7, 11) is 1.80. The van der Waals surface area contributed by atoms with Gasteiger partial charge in [0, 0.05) is 37.6 Å². The number of ether oxygens (including phenoxy) is 2. The number of hydrogen-bond donors (Lipinski definition) is 1. The lowest BCUT2D eigenvalue weighted by molar-refractivity contribution is -0.148. The number of carbonyl (C=O) groups is 2. The Hall–Kier alpha value is -2.16. The van der Waals surface area contributed by atoms with Gasteiger partial charge >= 0.3 is 0 Å². The number of amides is 2. The van der Waals surface area contributed by atoms with Crippen LogP contribution < -0.4 is 10.2 Å². The van der Waals surface area contributed by atoms with Crippen molar-refractivity contribution in [1.82, 2.24) is 9.80 Å². The zero-order valence-corrected chi connectivity index (χ0v) is 18.5. The van der Waals surface area contributed by atoms with E-state index in [9.17, 15) is 9.59 Å². The predicted molar refractivity (Wildman–Crippen MR) is 117 cm³/mol. The number of likely N-dealkylation sites (N-methyl/N-ethyl adjacent to an activating group) is 1. The Morgan fingerprint density at radius 2 is 1.73 bits per heavy atom. The SMILES string of the molecule is CC1CN(C(=O)C(C)N(C)CC(=O)Nc2ccc(N3CCOCC3)cc2)CC(C)O1. The van der Waals surface area contributed by atoms with Crippen LogP contribution in [0.25, 0.3) is 0 Å². The molecule has 1 N–H and O–H groups in total. The molecule has 1 aromatic rings. The molecule has 0 spiro atoms. The summed E-state index contributed by atoms with van der Waals surface area (Å²) in [6.45, 7) is 10.3. The summed E-state index contributed by atoms with van der Waals surface area (Å²) in [6.07, 6.45) is 0.0536. The zero-order chi connectivity index (χ0) is 21.7. The fourth-order valence-corrected chi connectivity index (χ4v) is 3.95. The molecule has 0 bridgehead atoms. The highest BCUT2D eigenvalue weighted by Gasteiger charge is 2.30. The van der Waals surface area contributed by atoms with Crippen LogP contribution in [-0.2, 0) is 19.1 Å². The third-order valence-corrected chi connectivity index (χ3v) is 5.67. The first-order valence-corrected chi connectivity index (χ1v) is 10.7. The van der Waals surface area contributed by atoms with Gasteiger partial charge in [0.15, 0.2) is 0 Å². The average molecular weight is 419 g/mol. The third-order valence-electron chi connectivity index (χ3n) is 5.67. The number of nitrogens with zero attached hydrogens (tertiary/aromatic N) is 3. The highest BCUT2D eigenvalue weighted by Crippen LogP contribution is 2.19. The third kappa shape index (κ3) is 5.93. The summed E-state index contributed by atoms with van der Waals surface area (Å²) in [6, 6.07) is 7.47. The van der Waals surface area contributed by atoms with E-state index < -0.39 is 0 Å². The van der Waals surface area contributed by atoms with Gasteiger partial charge in [-0.1, -0.05) is 0 Å². The molecule has 2 aliphatic rings. The Balaban J connectivity index is 1.49. The largest absolute Gasteiger partial charge is 0.378 e. The molecular weight excluding hydrogens is 384 g/mol. The van der Waals surface area contributed by atoms with Gasteiger partial charge in [-0.15, -0.1) is 0 Å². The molecule has 1 aromatic carbocycles. The maximum atomic E-state index is 12.8. The smallest absolute Gasteiger partial charge is 0.239 e. The summed E-state index contributed by atoms with van der Waals surface area (Å²) in [5, 5.41) is 2.92. The van der Waals surface area contributed by atoms with Gasteiger partial charge in [0.1, 0.15) is 0 Å². The fraction of sp³-hybridized carbons (Fsp3) is 0.636. The van der Waals surface area contributed by atoms with Crippen LogP contribution in [0.3, 0.4) is 0 Å². The minimum atomic E-state index is -0.378. The number of hydrogen-bond acceptors (Lipinski definition) is 6. The number of anilines is 2. The first kappa shape index (κ1) is 22.5. The molecule has 166 valence electrons. The summed E-state index contributed by atoms with van der Waals surface area (Å²) in [5.41, 5.74) is 1.88. The molecule has 2 aliphatic heterocycles. The molecule has 2 amide bonds. The summed E-state index contributed by atoms with van der Waals surface area (Å²) in [4.78, 5) is 31.2. The van der Waals surface area contributed by atoms with Crippen LogP contribution in [0.1, 0.15) is 20.8 Å². The maximum absolute atomic E-state index is 12.8. The van der Waals surface area contributed by atoms with E-state index in [1.54, 1.807) is 11.9 Å². The molecule has 2 heterocycles. The Labute approximate surface area is 179 Å². The zero-order valence-electron chi connectivity index (χ0n) is 18.5. The molecule has 3 rings (SSSR count). The van der Waals surface area contributed by atoms with Crippen molar-refractivity contribution < 1.29 is 19.1 Å². The van der Waals surface area contributed by atoms with Crippen LogP contribution in [0, 0.1) is 0 Å². The predicted octanol–water partition coefficient (Wildman–Crippen LogP) is 1.42. The van der Waals surface area contributed by atoms with E-state index in [4.69, 9.17) is 9.47 Å². The second kappa shape index (κ2) is 10.2. The second-order valence-electron chi connectivity index (χ2n) is 8.29. The van der Waals surface area contributed by atoms with Gasteiger partial charge in [0.05, 0.1) is 38.0 Å². The van der Waals surface area contributed by atoms with Crippen molar-refractivity contribution >= 4 is 23.2 Å². The standard InChI is InChI=1S/C22H34N4O4/c1-16-13-26(14-17(2)30-16)22(28)18(3)24(4)15-21(27)23-19-5-7-20(8-6-19)25-9-11-29-12-10-25/h5-8,16-18H,9-15H2,1-4H3,(H,23,27). The van der Waals surface area contributed by atoms with Gasteiger partial charge < -0.3 is 24.6 Å². The molecule has 2 saturated heterocycles. The number of rotatable bonds is 6. The van der Waals surface area contributed by atoms with E-state index in [0.717, 1.165) is 37.7 Å². The second-order valence-corrected chi connectivity index (χ2v) is 8.29. The van der Waals surface area contributed by atoms with Crippen LogP contribution in [0.4, 0.5) is 11.4 Å². The minimum Gasteiger partial charge on any atom is -0.378 e. The molecule has 0 aromatic heterocycles. The topological polar surface area (TPSA) is 74.4 Å². The van der Waals surface area contributed by atoms with Crippen LogP contribution in [0.5, 0.6) is 0 Å². The number of morpholine rings is 2. The summed E-state index contributed by atoms with van der Waals surface area (Å²) in [5.74, 6) is -0.109. The molecule has 0 aliphatic carbocycles. The molecule has 30 heavy (non-hydrogen) atoms. The van der Waals surface area contributed by atoms with E-state index in [0.29, 0.717) is 13.1 Å². The highest BCUT2D eigenvalue weighted by atomic mass is 16.5. The molecule has 8 nitrogen and oxygen atoms in total. The van der Waals surface area contributed by atoms with E-state index in [1.807, 2.05) is 49.9 Å². The van der Waals surface area contributed by atoms with Gasteiger partial charge in [-0.25, -0.2) is 0 Å². The lowest BCUT2D eigenvalue weighted by atomic mass is 10.2. The van der Waals surface area contributed by atoms with Crippen LogP contribution in [0.15, 0.2) is 24.3 Å². The monoisotopic (exact) mass is 418 g/mol. The Bertz CT molecular complexity index is 710. The van der Waals surface area contributed by atoms with Crippen molar-refractivity contribution in [2.45, 2.75) is 39.0 Å². The van der Waals surface area contributed by atoms with Crippen molar-refractivity contribution in [3.05, 3.63) is 24.3 Å². The van der Waals surface area contributed by atoms with Crippen molar-refractivity contribution in [2.75, 3.05) is 63.2 Å². The van der Waals surface area contributed by atoms with E-state index >= 15 is 0 Å². The van der Waals surface area contributed by atoms with E-state index in [1.165, 1.54) is 0 Å². The Kier molecular flexibility index (Phi) is 7.69. The van der Waals surface area contributed by atoms with Gasteiger partial charge in [-0.2, -0.15) is 0 Å². The van der Waals surface area contributed by atoms with Gasteiger partial charge in [0.25, 0.3) is 0 Å². The summed E-state index contributed by atoms with van der Waals surface area (Å²) >= 11 is 0. The average Bonchev–Trinajstić information content (AvgIpc) is 2.73. The molecule has 3 unspecified atom stereocenters. The molecular formula is C22H34N4O4. The fourth-order valence-electron chi connectivity index (χ4n) is 3.95. The number of benzene rings is 1. The minimum absolute atomic E-state index is 0.0268.